The zero-order chi connectivity index (χ0) is 36.9. The van der Waals surface area contributed by atoms with Crippen molar-refractivity contribution in [2.24, 2.45) is 0 Å². The molecule has 9 nitrogen and oxygen atoms in total. The number of unbranched alkanes of at least 4 members (excludes halogenated alkanes) is 2. The summed E-state index contributed by atoms with van der Waals surface area (Å²) in [5, 5.41) is 17.3. The number of nitrogens with one attached hydrogen (secondary N) is 1. The minimum atomic E-state index is -4.93. The first-order valence-corrected chi connectivity index (χ1v) is 17.0. The smallest absolute Gasteiger partial charge is 0.394 e. The van der Waals surface area contributed by atoms with Crippen molar-refractivity contribution in [3.05, 3.63) is 112 Å². The molecular weight excluding hydrogens is 666 g/mol. The van der Waals surface area contributed by atoms with Crippen LogP contribution in [0.15, 0.2) is 66.7 Å². The van der Waals surface area contributed by atoms with Gasteiger partial charge in [0.2, 0.25) is 0 Å². The molecule has 0 unspecified atom stereocenters. The molecule has 1 aromatic heterocycles. The number of nitrogens with zero attached hydrogens (tertiary/aromatic N) is 4. The first-order chi connectivity index (χ1) is 24.4. The highest BCUT2D eigenvalue weighted by molar-refractivity contribution is 6.07. The topological polar surface area (TPSA) is 108 Å². The van der Waals surface area contributed by atoms with Crippen molar-refractivity contribution in [3.63, 3.8) is 0 Å². The largest absolute Gasteiger partial charge is 0.417 e. The van der Waals surface area contributed by atoms with Gasteiger partial charge in [-0.2, -0.15) is 18.3 Å². The number of carbonyl (C=O) groups excluding carboxylic acids is 3. The molecular formula is C38H41F4N5O4. The number of aliphatic hydroxyl groups excluding tert-OH is 1. The number of fused-ring (bicyclic) bond motifs is 1. The fourth-order valence-electron chi connectivity index (χ4n) is 6.26. The molecule has 0 saturated heterocycles. The summed E-state index contributed by atoms with van der Waals surface area (Å²) < 4.78 is 56.7. The molecule has 4 aromatic rings. The zero-order valence-corrected chi connectivity index (χ0v) is 28.8. The number of aromatic nitrogens is 2. The molecule has 0 aliphatic carbocycles. The van der Waals surface area contributed by atoms with Crippen LogP contribution in [0.5, 0.6) is 0 Å². The third kappa shape index (κ3) is 8.30. The third-order valence-electron chi connectivity index (χ3n) is 9.03. The van der Waals surface area contributed by atoms with Crippen molar-refractivity contribution >= 4 is 23.4 Å². The Labute approximate surface area is 293 Å². The molecule has 51 heavy (non-hydrogen) atoms. The SMILES string of the molecule is CCCCN(CCCC)C(=O)c1cc(C)n(-c2ccc(NC(=O)c3cc(F)ccc3C(F)(F)F)cc2C(=O)N2Cc3ccccc3C[C@H]2CO)n1. The molecule has 3 amide bonds. The fraction of sp³-hybridized carbons (Fsp3) is 0.368. The predicted octanol–water partition coefficient (Wildman–Crippen LogP) is 7.19. The standard InChI is InChI=1S/C38H41F4N5O4/c1-4-6-16-45(17-7-5-2)37(51)33-18-24(3)47(44-33)34-15-13-28(43-35(49)30-20-27(39)12-14-32(30)38(40,41)42)21-31(34)36(50)46-22-26-11-9-8-10-25(26)19-29(46)23-48/h8-15,18,20-21,29,48H,4-7,16-17,19,22-23H2,1-3H3,(H,43,49)/t29-/m0/s1. The van der Waals surface area contributed by atoms with Crippen LogP contribution in [0.4, 0.5) is 23.2 Å². The van der Waals surface area contributed by atoms with Crippen molar-refractivity contribution in [1.82, 2.24) is 19.6 Å². The van der Waals surface area contributed by atoms with Crippen molar-refractivity contribution in [2.75, 3.05) is 25.0 Å². The van der Waals surface area contributed by atoms with E-state index in [9.17, 15) is 37.1 Å². The fourth-order valence-corrected chi connectivity index (χ4v) is 6.26. The number of benzene rings is 3. The molecule has 0 saturated carbocycles. The summed E-state index contributed by atoms with van der Waals surface area (Å²) in [6, 6.07) is 14.4. The second-order valence-corrected chi connectivity index (χ2v) is 12.7. The van der Waals surface area contributed by atoms with Crippen molar-refractivity contribution in [3.8, 4) is 5.69 Å². The van der Waals surface area contributed by atoms with Gasteiger partial charge in [-0.25, -0.2) is 9.07 Å². The average molecular weight is 708 g/mol. The number of carbonyl (C=O) groups is 3. The van der Waals surface area contributed by atoms with Gasteiger partial charge in [-0.1, -0.05) is 51.0 Å². The van der Waals surface area contributed by atoms with Crippen molar-refractivity contribution in [1.29, 1.82) is 0 Å². The highest BCUT2D eigenvalue weighted by Gasteiger charge is 2.36. The monoisotopic (exact) mass is 707 g/mol. The van der Waals surface area contributed by atoms with E-state index in [0.29, 0.717) is 43.4 Å². The first-order valence-electron chi connectivity index (χ1n) is 17.0. The number of hydrogen-bond acceptors (Lipinski definition) is 5. The van der Waals surface area contributed by atoms with E-state index >= 15 is 0 Å². The van der Waals surface area contributed by atoms with Gasteiger partial charge < -0.3 is 20.2 Å². The minimum Gasteiger partial charge on any atom is -0.394 e. The third-order valence-corrected chi connectivity index (χ3v) is 9.03. The second kappa shape index (κ2) is 15.9. The molecule has 0 spiro atoms. The van der Waals surface area contributed by atoms with Crippen LogP contribution in [-0.4, -0.2) is 68.1 Å². The van der Waals surface area contributed by atoms with E-state index < -0.39 is 41.0 Å². The molecule has 270 valence electrons. The number of alkyl halides is 3. The molecule has 3 aromatic carbocycles. The van der Waals surface area contributed by atoms with Crippen molar-refractivity contribution in [2.45, 2.75) is 71.6 Å². The maximum Gasteiger partial charge on any atom is 0.417 e. The lowest BCUT2D eigenvalue weighted by molar-refractivity contribution is -0.137. The van der Waals surface area contributed by atoms with Crippen LogP contribution >= 0.6 is 0 Å². The number of aryl methyl sites for hydroxylation is 1. The van der Waals surface area contributed by atoms with Gasteiger partial charge in [0.15, 0.2) is 5.69 Å². The quantitative estimate of drug-likeness (QED) is 0.152. The summed E-state index contributed by atoms with van der Waals surface area (Å²) in [4.78, 5) is 44.6. The Morgan fingerprint density at radius 3 is 2.27 bits per heavy atom. The van der Waals surface area contributed by atoms with E-state index in [4.69, 9.17) is 0 Å². The normalized spacial score (nSPS) is 14.3. The van der Waals surface area contributed by atoms with E-state index in [1.54, 1.807) is 17.9 Å². The second-order valence-electron chi connectivity index (χ2n) is 12.7. The highest BCUT2D eigenvalue weighted by atomic mass is 19.4. The summed E-state index contributed by atoms with van der Waals surface area (Å²) in [6.45, 7) is 6.78. The zero-order valence-electron chi connectivity index (χ0n) is 28.8. The summed E-state index contributed by atoms with van der Waals surface area (Å²) in [7, 11) is 0. The predicted molar refractivity (Wildman–Crippen MR) is 184 cm³/mol. The molecule has 5 rings (SSSR count). The Morgan fingerprint density at radius 1 is 0.941 bits per heavy atom. The Balaban J connectivity index is 1.57. The van der Waals surface area contributed by atoms with Gasteiger partial charge in [0.1, 0.15) is 5.82 Å². The van der Waals surface area contributed by atoms with E-state index in [2.05, 4.69) is 10.4 Å². The van der Waals surface area contributed by atoms with Gasteiger partial charge >= 0.3 is 6.18 Å². The first kappa shape index (κ1) is 37.2. The molecule has 0 bridgehead atoms. The highest BCUT2D eigenvalue weighted by Crippen LogP contribution is 2.34. The van der Waals surface area contributed by atoms with Gasteiger partial charge in [0.05, 0.1) is 35.0 Å². The van der Waals surface area contributed by atoms with Crippen LogP contribution in [0, 0.1) is 12.7 Å². The van der Waals surface area contributed by atoms with Crippen LogP contribution < -0.4 is 5.32 Å². The number of aliphatic hydroxyl groups is 1. The Kier molecular flexibility index (Phi) is 11.6. The lowest BCUT2D eigenvalue weighted by Crippen LogP contribution is -2.46. The summed E-state index contributed by atoms with van der Waals surface area (Å²) in [6.07, 6.45) is -1.08. The van der Waals surface area contributed by atoms with E-state index in [-0.39, 0.29) is 41.7 Å². The molecule has 1 atom stereocenters. The van der Waals surface area contributed by atoms with Gasteiger partial charge in [0.25, 0.3) is 17.7 Å². The van der Waals surface area contributed by atoms with Gasteiger partial charge in [0, 0.05) is 31.0 Å². The maximum atomic E-state index is 14.5. The van der Waals surface area contributed by atoms with Crippen molar-refractivity contribution < 1.29 is 37.1 Å². The summed E-state index contributed by atoms with van der Waals surface area (Å²) >= 11 is 0. The number of anilines is 1. The van der Waals surface area contributed by atoms with Gasteiger partial charge in [-0.15, -0.1) is 0 Å². The molecule has 0 radical (unpaired) electrons. The molecule has 13 heteroatoms. The Morgan fingerprint density at radius 2 is 1.63 bits per heavy atom. The average Bonchev–Trinajstić information content (AvgIpc) is 3.50. The molecule has 1 aliphatic rings. The van der Waals surface area contributed by atoms with Crippen LogP contribution in [0.2, 0.25) is 0 Å². The van der Waals surface area contributed by atoms with Crippen LogP contribution in [0.3, 0.4) is 0 Å². The number of amides is 3. The van der Waals surface area contributed by atoms with Gasteiger partial charge in [-0.3, -0.25) is 14.4 Å². The Hall–Kier alpha value is -5.04. The number of hydrogen-bond donors (Lipinski definition) is 2. The molecule has 2 N–H and O–H groups in total. The van der Waals surface area contributed by atoms with Crippen LogP contribution in [0.25, 0.3) is 5.69 Å². The molecule has 1 aliphatic heterocycles. The maximum absolute atomic E-state index is 14.5. The van der Waals surface area contributed by atoms with E-state index in [0.717, 1.165) is 36.8 Å². The number of rotatable bonds is 12. The molecule has 2 heterocycles. The minimum absolute atomic E-state index is 0.0138. The van der Waals surface area contributed by atoms with Gasteiger partial charge in [-0.05, 0) is 79.8 Å². The lowest BCUT2D eigenvalue weighted by atomic mass is 9.93. The Bertz CT molecular complexity index is 1900. The number of halogens is 4. The summed E-state index contributed by atoms with van der Waals surface area (Å²) in [5.41, 5.74) is 0.578. The lowest BCUT2D eigenvalue weighted by Gasteiger charge is -2.36. The molecule has 0 fully saturated rings. The summed E-state index contributed by atoms with van der Waals surface area (Å²) in [5.74, 6) is -3.04. The van der Waals surface area contributed by atoms with E-state index in [1.807, 2.05) is 38.1 Å². The van der Waals surface area contributed by atoms with Crippen LogP contribution in [0.1, 0.15) is 93.1 Å². The van der Waals surface area contributed by atoms with E-state index in [1.165, 1.54) is 27.8 Å². The van der Waals surface area contributed by atoms with Crippen LogP contribution in [-0.2, 0) is 19.1 Å².